The van der Waals surface area contributed by atoms with E-state index in [1.165, 1.54) is 11.8 Å². The second-order valence-corrected chi connectivity index (χ2v) is 8.46. The number of aromatic nitrogens is 5. The Kier molecular flexibility index (Phi) is 5.03. The topological polar surface area (TPSA) is 94.7 Å². The molecule has 8 nitrogen and oxygen atoms in total. The minimum Gasteiger partial charge on any atom is -0.350 e. The van der Waals surface area contributed by atoms with Gasteiger partial charge in [0.1, 0.15) is 5.39 Å². The molecule has 4 aromatic rings. The van der Waals surface area contributed by atoms with Gasteiger partial charge >= 0.3 is 0 Å². The lowest BCUT2D eigenvalue weighted by Crippen LogP contribution is -2.30. The first-order chi connectivity index (χ1) is 15.1. The van der Waals surface area contributed by atoms with Crippen molar-refractivity contribution in [3.05, 3.63) is 76.5 Å². The van der Waals surface area contributed by atoms with E-state index in [1.54, 1.807) is 21.6 Å². The SMILES string of the molecule is Cc1cccc(-n2ncc3c(=O)n4c(nc32)SCC4CC(=O)NCc2ccccn2)c1. The summed E-state index contributed by atoms with van der Waals surface area (Å²) < 4.78 is 3.33. The van der Waals surface area contributed by atoms with E-state index in [-0.39, 0.29) is 23.9 Å². The van der Waals surface area contributed by atoms with Crippen molar-refractivity contribution >= 4 is 28.7 Å². The molecule has 1 N–H and O–H groups in total. The molecule has 0 saturated heterocycles. The number of nitrogens with zero attached hydrogens (tertiary/aromatic N) is 5. The number of rotatable bonds is 5. The molecular weight excluding hydrogens is 412 g/mol. The molecule has 9 heteroatoms. The third-order valence-electron chi connectivity index (χ3n) is 5.23. The van der Waals surface area contributed by atoms with E-state index >= 15 is 0 Å². The average Bonchev–Trinajstić information content (AvgIpc) is 3.38. The van der Waals surface area contributed by atoms with Gasteiger partial charge in [-0.1, -0.05) is 30.0 Å². The van der Waals surface area contributed by atoms with Crippen LogP contribution in [0.2, 0.25) is 0 Å². The molecule has 0 bridgehead atoms. The monoisotopic (exact) mass is 432 g/mol. The van der Waals surface area contributed by atoms with Gasteiger partial charge in [0.2, 0.25) is 5.91 Å². The quantitative estimate of drug-likeness (QED) is 0.487. The molecule has 1 aromatic carbocycles. The summed E-state index contributed by atoms with van der Waals surface area (Å²) in [4.78, 5) is 34.6. The molecule has 0 spiro atoms. The first-order valence-corrected chi connectivity index (χ1v) is 11.0. The zero-order chi connectivity index (χ0) is 21.4. The van der Waals surface area contributed by atoms with Crippen molar-refractivity contribution in [3.63, 3.8) is 0 Å². The fourth-order valence-electron chi connectivity index (χ4n) is 3.71. The van der Waals surface area contributed by atoms with Crippen molar-refractivity contribution < 1.29 is 4.79 Å². The Hall–Kier alpha value is -3.46. The van der Waals surface area contributed by atoms with Crippen LogP contribution in [-0.2, 0) is 11.3 Å². The highest BCUT2D eigenvalue weighted by Crippen LogP contribution is 2.33. The Morgan fingerprint density at radius 2 is 2.16 bits per heavy atom. The van der Waals surface area contributed by atoms with Crippen LogP contribution < -0.4 is 10.9 Å². The van der Waals surface area contributed by atoms with Crippen molar-refractivity contribution in [2.45, 2.75) is 31.1 Å². The molecule has 4 heterocycles. The summed E-state index contributed by atoms with van der Waals surface area (Å²) in [5, 5.41) is 8.35. The number of fused-ring (bicyclic) bond motifs is 2. The van der Waals surface area contributed by atoms with E-state index in [1.807, 2.05) is 49.4 Å². The van der Waals surface area contributed by atoms with Crippen molar-refractivity contribution in [2.24, 2.45) is 0 Å². The largest absolute Gasteiger partial charge is 0.350 e. The van der Waals surface area contributed by atoms with Gasteiger partial charge in [0.05, 0.1) is 30.2 Å². The van der Waals surface area contributed by atoms with Crippen LogP contribution in [0.25, 0.3) is 16.7 Å². The predicted octanol–water partition coefficient (Wildman–Crippen LogP) is 2.64. The molecule has 0 aliphatic carbocycles. The number of carbonyl (C=O) groups excluding carboxylic acids is 1. The van der Waals surface area contributed by atoms with Gasteiger partial charge in [0.25, 0.3) is 5.56 Å². The summed E-state index contributed by atoms with van der Waals surface area (Å²) in [6.45, 7) is 2.37. The van der Waals surface area contributed by atoms with Crippen molar-refractivity contribution in [1.29, 1.82) is 0 Å². The highest BCUT2D eigenvalue weighted by Gasteiger charge is 2.29. The molecule has 1 atom stereocenters. The van der Waals surface area contributed by atoms with Crippen LogP contribution in [0.3, 0.4) is 0 Å². The predicted molar refractivity (Wildman–Crippen MR) is 118 cm³/mol. The first kappa shape index (κ1) is 19.5. The average molecular weight is 433 g/mol. The minimum absolute atomic E-state index is 0.119. The molecule has 3 aromatic heterocycles. The van der Waals surface area contributed by atoms with Crippen molar-refractivity contribution in [1.82, 2.24) is 29.6 Å². The van der Waals surface area contributed by atoms with Crippen LogP contribution in [0.5, 0.6) is 0 Å². The second-order valence-electron chi connectivity index (χ2n) is 7.47. The van der Waals surface area contributed by atoms with Gasteiger partial charge in [0, 0.05) is 18.4 Å². The van der Waals surface area contributed by atoms with Gasteiger partial charge in [-0.25, -0.2) is 9.67 Å². The van der Waals surface area contributed by atoms with Crippen LogP contribution in [0.1, 0.15) is 23.7 Å². The zero-order valence-electron chi connectivity index (χ0n) is 16.9. The Balaban J connectivity index is 1.40. The van der Waals surface area contributed by atoms with Gasteiger partial charge in [-0.3, -0.25) is 19.1 Å². The molecule has 1 aliphatic rings. The smallest absolute Gasteiger partial charge is 0.265 e. The summed E-state index contributed by atoms with van der Waals surface area (Å²) in [5.41, 5.74) is 3.13. The van der Waals surface area contributed by atoms with Gasteiger partial charge in [-0.15, -0.1) is 0 Å². The fraction of sp³-hybridized carbons (Fsp3) is 0.227. The number of hydrogen-bond donors (Lipinski definition) is 1. The number of carbonyl (C=O) groups is 1. The number of aryl methyl sites for hydroxylation is 1. The summed E-state index contributed by atoms with van der Waals surface area (Å²) in [7, 11) is 0. The standard InChI is InChI=1S/C22H20N6O2S/c1-14-5-4-7-16(9-14)28-20-18(12-25-28)21(30)27-17(13-31-22(27)26-20)10-19(29)24-11-15-6-2-3-8-23-15/h2-9,12,17H,10-11,13H2,1H3,(H,24,29). The first-order valence-electron chi connectivity index (χ1n) is 9.97. The van der Waals surface area contributed by atoms with E-state index in [0.717, 1.165) is 16.9 Å². The van der Waals surface area contributed by atoms with Crippen LogP contribution in [0.15, 0.2) is 64.8 Å². The maximum Gasteiger partial charge on any atom is 0.265 e. The molecule has 1 unspecified atom stereocenters. The van der Waals surface area contributed by atoms with Crippen molar-refractivity contribution in [2.75, 3.05) is 5.75 Å². The van der Waals surface area contributed by atoms with Crippen LogP contribution >= 0.6 is 11.8 Å². The van der Waals surface area contributed by atoms with E-state index < -0.39 is 0 Å². The van der Waals surface area contributed by atoms with Crippen molar-refractivity contribution in [3.8, 4) is 5.69 Å². The zero-order valence-corrected chi connectivity index (χ0v) is 17.7. The number of nitrogens with one attached hydrogen (secondary N) is 1. The third kappa shape index (κ3) is 3.72. The molecular formula is C22H20N6O2S. The Bertz CT molecular complexity index is 1330. The van der Waals surface area contributed by atoms with Crippen LogP contribution in [0, 0.1) is 6.92 Å². The Morgan fingerprint density at radius 1 is 1.26 bits per heavy atom. The molecule has 0 fully saturated rings. The number of thioether (sulfide) groups is 1. The van der Waals surface area contributed by atoms with Gasteiger partial charge in [0.15, 0.2) is 10.8 Å². The summed E-state index contributed by atoms with van der Waals surface area (Å²) >= 11 is 1.49. The summed E-state index contributed by atoms with van der Waals surface area (Å²) in [5.74, 6) is 0.510. The summed E-state index contributed by atoms with van der Waals surface area (Å²) in [6, 6.07) is 13.2. The van der Waals surface area contributed by atoms with Gasteiger partial charge < -0.3 is 5.32 Å². The number of benzene rings is 1. The molecule has 156 valence electrons. The fourth-order valence-corrected chi connectivity index (χ4v) is 4.84. The lowest BCUT2D eigenvalue weighted by atomic mass is 10.2. The lowest BCUT2D eigenvalue weighted by molar-refractivity contribution is -0.121. The number of pyridine rings is 1. The minimum atomic E-state index is -0.240. The molecule has 0 saturated carbocycles. The van der Waals surface area contributed by atoms with E-state index in [4.69, 9.17) is 4.98 Å². The molecule has 5 rings (SSSR count). The lowest BCUT2D eigenvalue weighted by Gasteiger charge is -2.13. The van der Waals surface area contributed by atoms with Crippen LogP contribution in [-0.4, -0.2) is 36.0 Å². The Morgan fingerprint density at radius 3 is 2.97 bits per heavy atom. The normalized spacial score (nSPS) is 15.2. The molecule has 1 amide bonds. The second kappa shape index (κ2) is 7.99. The highest BCUT2D eigenvalue weighted by molar-refractivity contribution is 7.99. The molecule has 0 radical (unpaired) electrons. The van der Waals surface area contributed by atoms with Gasteiger partial charge in [-0.05, 0) is 36.8 Å². The Labute approximate surface area is 182 Å². The maximum atomic E-state index is 13.2. The van der Waals surface area contributed by atoms with E-state index in [2.05, 4.69) is 15.4 Å². The van der Waals surface area contributed by atoms with Gasteiger partial charge in [-0.2, -0.15) is 5.10 Å². The maximum absolute atomic E-state index is 13.2. The number of hydrogen-bond acceptors (Lipinski definition) is 6. The van der Waals surface area contributed by atoms with E-state index in [0.29, 0.717) is 28.5 Å². The highest BCUT2D eigenvalue weighted by atomic mass is 32.2. The van der Waals surface area contributed by atoms with Crippen LogP contribution in [0.4, 0.5) is 0 Å². The molecule has 31 heavy (non-hydrogen) atoms. The molecule has 1 aliphatic heterocycles. The van der Waals surface area contributed by atoms with E-state index in [9.17, 15) is 9.59 Å². The third-order valence-corrected chi connectivity index (χ3v) is 6.33. The summed E-state index contributed by atoms with van der Waals surface area (Å²) in [6.07, 6.45) is 3.46. The number of amides is 1.